The number of anilines is 2. The van der Waals surface area contributed by atoms with Crippen molar-refractivity contribution in [1.82, 2.24) is 0 Å². The van der Waals surface area contributed by atoms with Gasteiger partial charge in [-0.05, 0) is 35.5 Å². The standard InChI is InChI=1S/C14H19NSi.C10H15N3O4Si.Y/c1-15(2)14-9-5-7-12-11(10-16-3)6-4-8-13(12)14;1-18-6-2-5-11-9-4-3-8(12(14)15)7-10(9)13(16)17;/h4-9H,10,16H2,1-3H3;3-4,7,11H,2,5-6,18H2,1H3;. The molecule has 35 heavy (non-hydrogen) atoms. The molecule has 0 spiro atoms. The average molecular weight is 588 g/mol. The summed E-state index contributed by atoms with van der Waals surface area (Å²) >= 11 is 0. The summed E-state index contributed by atoms with van der Waals surface area (Å²) in [5, 5.41) is 27.2. The molecular weight excluding hydrogens is 553 g/mol. The van der Waals surface area contributed by atoms with Gasteiger partial charge in [0.2, 0.25) is 0 Å². The van der Waals surface area contributed by atoms with Gasteiger partial charge in [-0.2, -0.15) is 0 Å². The van der Waals surface area contributed by atoms with Crippen LogP contribution in [0.4, 0.5) is 22.7 Å². The third-order valence-electron chi connectivity index (χ3n) is 5.48. The smallest absolute Gasteiger partial charge is 0.299 e. The summed E-state index contributed by atoms with van der Waals surface area (Å²) in [6.07, 6.45) is 0.969. The van der Waals surface area contributed by atoms with E-state index in [1.165, 1.54) is 46.2 Å². The molecule has 0 atom stereocenters. The first kappa shape index (κ1) is 30.9. The first-order chi connectivity index (χ1) is 16.3. The molecule has 0 saturated carbocycles. The second-order valence-corrected chi connectivity index (χ2v) is 11.5. The van der Waals surface area contributed by atoms with Gasteiger partial charge in [-0.15, -0.1) is 0 Å². The fraction of sp³-hybridized carbons (Fsp3) is 0.333. The molecule has 0 aliphatic heterocycles. The van der Waals surface area contributed by atoms with Crippen LogP contribution in [0.2, 0.25) is 19.1 Å². The van der Waals surface area contributed by atoms with E-state index in [0.29, 0.717) is 12.2 Å². The molecule has 185 valence electrons. The van der Waals surface area contributed by atoms with Gasteiger partial charge in [-0.25, -0.2) is 0 Å². The average Bonchev–Trinajstić information content (AvgIpc) is 2.82. The van der Waals surface area contributed by atoms with Crippen molar-refractivity contribution in [2.75, 3.05) is 30.9 Å². The van der Waals surface area contributed by atoms with Crippen molar-refractivity contribution in [3.63, 3.8) is 0 Å². The van der Waals surface area contributed by atoms with Crippen LogP contribution in [-0.4, -0.2) is 49.5 Å². The number of nitro benzene ring substituents is 2. The zero-order valence-corrected chi connectivity index (χ0v) is 26.7. The van der Waals surface area contributed by atoms with Gasteiger partial charge in [-0.1, -0.05) is 49.5 Å². The van der Waals surface area contributed by atoms with Crippen LogP contribution in [0.1, 0.15) is 12.0 Å². The molecule has 3 aromatic carbocycles. The Morgan fingerprint density at radius 2 is 1.60 bits per heavy atom. The van der Waals surface area contributed by atoms with Crippen LogP contribution in [0.25, 0.3) is 10.8 Å². The van der Waals surface area contributed by atoms with Gasteiger partial charge in [0.15, 0.2) is 0 Å². The van der Waals surface area contributed by atoms with E-state index in [4.69, 9.17) is 0 Å². The number of rotatable bonds is 10. The number of fused-ring (bicyclic) bond motifs is 1. The van der Waals surface area contributed by atoms with Crippen molar-refractivity contribution in [2.24, 2.45) is 0 Å². The number of nitrogens with zero attached hydrogens (tertiary/aromatic N) is 3. The maximum Gasteiger partial charge on any atom is 0.299 e. The Morgan fingerprint density at radius 1 is 0.914 bits per heavy atom. The molecule has 0 amide bonds. The predicted molar refractivity (Wildman–Crippen MR) is 148 cm³/mol. The number of nitro groups is 2. The minimum Gasteiger partial charge on any atom is -0.379 e. The third kappa shape index (κ3) is 9.10. The van der Waals surface area contributed by atoms with Crippen LogP contribution in [-0.2, 0) is 38.8 Å². The number of nitrogens with one attached hydrogen (secondary N) is 1. The summed E-state index contributed by atoms with van der Waals surface area (Å²) in [6.45, 7) is 5.22. The van der Waals surface area contributed by atoms with Crippen molar-refractivity contribution in [3.8, 4) is 0 Å². The SMILES string of the molecule is C[SiH2]CCCNc1ccc([N+](=O)[O-])cc1[N+](=O)[O-].C[SiH2]Cc1cccc2c(N(C)C)cccc12.[Y]. The molecule has 0 heterocycles. The molecule has 0 fully saturated rings. The molecular formula is C24H34N4O4Si2Y. The first-order valence-corrected chi connectivity index (χ1v) is 16.5. The minimum atomic E-state index is -0.639. The predicted octanol–water partition coefficient (Wildman–Crippen LogP) is 4.56. The van der Waals surface area contributed by atoms with Crippen LogP contribution in [0.15, 0.2) is 54.6 Å². The maximum absolute atomic E-state index is 10.8. The monoisotopic (exact) mass is 587 g/mol. The van der Waals surface area contributed by atoms with Crippen LogP contribution in [0.3, 0.4) is 0 Å². The zero-order chi connectivity index (χ0) is 25.1. The third-order valence-corrected chi connectivity index (χ3v) is 7.72. The Labute approximate surface area is 236 Å². The molecule has 0 aliphatic carbocycles. The Bertz CT molecular complexity index is 1130. The quantitative estimate of drug-likeness (QED) is 0.162. The van der Waals surface area contributed by atoms with Crippen molar-refractivity contribution in [1.29, 1.82) is 0 Å². The molecule has 0 bridgehead atoms. The number of hydrogen-bond acceptors (Lipinski definition) is 6. The molecule has 0 aliphatic rings. The molecule has 0 saturated heterocycles. The van der Waals surface area contributed by atoms with E-state index in [1.54, 1.807) is 0 Å². The van der Waals surface area contributed by atoms with Crippen LogP contribution < -0.4 is 10.2 Å². The maximum atomic E-state index is 10.8. The van der Waals surface area contributed by atoms with E-state index >= 15 is 0 Å². The largest absolute Gasteiger partial charge is 0.379 e. The summed E-state index contributed by atoms with van der Waals surface area (Å²) in [6, 6.07) is 19.4. The molecule has 8 nitrogen and oxygen atoms in total. The molecule has 11 heteroatoms. The number of hydrogen-bond donors (Lipinski definition) is 1. The topological polar surface area (TPSA) is 102 Å². The summed E-state index contributed by atoms with van der Waals surface area (Å²) in [5.41, 5.74) is 2.65. The van der Waals surface area contributed by atoms with Gasteiger partial charge in [-0.3, -0.25) is 20.2 Å². The normalized spacial score (nSPS) is 10.7. The van der Waals surface area contributed by atoms with Crippen LogP contribution in [0, 0.1) is 20.2 Å². The Balaban J connectivity index is 0.000000342. The van der Waals surface area contributed by atoms with E-state index < -0.39 is 9.85 Å². The van der Waals surface area contributed by atoms with Crippen molar-refractivity contribution in [3.05, 3.63) is 80.4 Å². The molecule has 1 N–H and O–H groups in total. The van der Waals surface area contributed by atoms with Crippen molar-refractivity contribution < 1.29 is 42.6 Å². The van der Waals surface area contributed by atoms with E-state index in [0.717, 1.165) is 12.5 Å². The second kappa shape index (κ2) is 15.8. The van der Waals surface area contributed by atoms with Crippen molar-refractivity contribution in [2.45, 2.75) is 31.6 Å². The van der Waals surface area contributed by atoms with E-state index in [1.807, 2.05) is 0 Å². The zero-order valence-electron chi connectivity index (χ0n) is 21.0. The van der Waals surface area contributed by atoms with E-state index in [-0.39, 0.29) is 63.1 Å². The summed E-state index contributed by atoms with van der Waals surface area (Å²) in [4.78, 5) is 22.3. The van der Waals surface area contributed by atoms with Crippen LogP contribution in [0.5, 0.6) is 0 Å². The van der Waals surface area contributed by atoms with E-state index in [2.05, 4.69) is 73.8 Å². The summed E-state index contributed by atoms with van der Waals surface area (Å²) in [5.74, 6) is 0. The Kier molecular flexibility index (Phi) is 13.9. The molecule has 3 aromatic rings. The molecule has 0 aromatic heterocycles. The fourth-order valence-electron chi connectivity index (χ4n) is 3.77. The summed E-state index contributed by atoms with van der Waals surface area (Å²) in [7, 11) is 4.30. The van der Waals surface area contributed by atoms with Gasteiger partial charge in [0, 0.05) is 89.5 Å². The molecule has 3 rings (SSSR count). The van der Waals surface area contributed by atoms with Gasteiger partial charge < -0.3 is 10.2 Å². The fourth-order valence-corrected chi connectivity index (χ4v) is 5.49. The Morgan fingerprint density at radius 3 is 2.20 bits per heavy atom. The first-order valence-electron chi connectivity index (χ1n) is 11.6. The van der Waals surface area contributed by atoms with Gasteiger partial charge in [0.05, 0.1) is 15.9 Å². The molecule has 1 radical (unpaired) electrons. The van der Waals surface area contributed by atoms with Gasteiger partial charge in [0.25, 0.3) is 11.4 Å². The minimum absolute atomic E-state index is 0. The number of non-ortho nitro benzene ring substituents is 1. The summed E-state index contributed by atoms with van der Waals surface area (Å²) < 4.78 is 0. The second-order valence-electron chi connectivity index (χ2n) is 8.28. The van der Waals surface area contributed by atoms with Crippen molar-refractivity contribution >= 4 is 52.6 Å². The van der Waals surface area contributed by atoms with E-state index in [9.17, 15) is 20.2 Å². The van der Waals surface area contributed by atoms with Gasteiger partial charge >= 0.3 is 0 Å². The number of benzene rings is 3. The Hall–Kier alpha value is -2.14. The van der Waals surface area contributed by atoms with Gasteiger partial charge in [0.1, 0.15) is 5.69 Å². The molecule has 0 unspecified atom stereocenters. The van der Waals surface area contributed by atoms with Crippen LogP contribution >= 0.6 is 0 Å².